The first-order valence-corrected chi connectivity index (χ1v) is 10.2. The van der Waals surface area contributed by atoms with Crippen LogP contribution in [0.4, 0.5) is 0 Å². The molecule has 9 heteroatoms. The third kappa shape index (κ3) is 2.70. The lowest BCUT2D eigenvalue weighted by atomic mass is 10.1. The van der Waals surface area contributed by atoms with E-state index in [0.29, 0.717) is 31.8 Å². The summed E-state index contributed by atoms with van der Waals surface area (Å²) in [7, 11) is 1.73. The van der Waals surface area contributed by atoms with E-state index in [9.17, 15) is 13.2 Å². The Morgan fingerprint density at radius 2 is 1.73 bits per heavy atom. The maximum atomic E-state index is 13.3. The van der Waals surface area contributed by atoms with E-state index in [0.717, 1.165) is 12.1 Å². The van der Waals surface area contributed by atoms with Crippen LogP contribution >= 0.6 is 0 Å². The number of likely N-dealkylation sites (N-methyl/N-ethyl adjacent to an activating group) is 1. The van der Waals surface area contributed by atoms with Gasteiger partial charge in [-0.3, -0.25) is 14.0 Å². The van der Waals surface area contributed by atoms with Gasteiger partial charge in [-0.05, 0) is 25.2 Å². The predicted octanol–water partition coefficient (Wildman–Crippen LogP) is -0.172. The molecule has 4 rings (SSSR count). The monoisotopic (exact) mass is 380 g/mol. The Labute approximate surface area is 152 Å². The van der Waals surface area contributed by atoms with Gasteiger partial charge in [-0.2, -0.15) is 4.31 Å². The van der Waals surface area contributed by atoms with Gasteiger partial charge in [0.05, 0.1) is 29.1 Å². The van der Waals surface area contributed by atoms with E-state index in [2.05, 4.69) is 4.90 Å². The predicted molar refractivity (Wildman–Crippen MR) is 97.6 cm³/mol. The highest BCUT2D eigenvalue weighted by atomic mass is 32.2. The number of imidazole rings is 1. The van der Waals surface area contributed by atoms with Crippen molar-refractivity contribution in [3.8, 4) is 0 Å². The SMILES string of the molecule is CN1C[C@H]2COC[C@@H]1CN(S(=O)(=O)c1ccc3c(c1)n(C)c(=O)n3C)C2. The third-order valence-electron chi connectivity index (χ3n) is 5.59. The molecule has 8 nitrogen and oxygen atoms in total. The van der Waals surface area contributed by atoms with E-state index < -0.39 is 10.0 Å². The molecule has 0 radical (unpaired) electrons. The van der Waals surface area contributed by atoms with Crippen molar-refractivity contribution in [3.05, 3.63) is 28.7 Å². The van der Waals surface area contributed by atoms with Crippen molar-refractivity contribution < 1.29 is 13.2 Å². The minimum absolute atomic E-state index is 0.0575. The van der Waals surface area contributed by atoms with Gasteiger partial charge in [0.1, 0.15) is 0 Å². The smallest absolute Gasteiger partial charge is 0.328 e. The molecule has 2 atom stereocenters. The van der Waals surface area contributed by atoms with Crippen molar-refractivity contribution in [1.29, 1.82) is 0 Å². The van der Waals surface area contributed by atoms with Gasteiger partial charge >= 0.3 is 5.69 Å². The van der Waals surface area contributed by atoms with Crippen LogP contribution in [0.3, 0.4) is 0 Å². The number of rotatable bonds is 2. The summed E-state index contributed by atoms with van der Waals surface area (Å²) in [6.45, 7) is 2.84. The molecule has 2 fully saturated rings. The normalized spacial score (nSPS) is 25.5. The van der Waals surface area contributed by atoms with Crippen LogP contribution in [-0.4, -0.2) is 72.7 Å². The van der Waals surface area contributed by atoms with Crippen molar-refractivity contribution in [3.63, 3.8) is 0 Å². The molecule has 0 amide bonds. The largest absolute Gasteiger partial charge is 0.379 e. The van der Waals surface area contributed by atoms with Crippen LogP contribution in [0, 0.1) is 5.92 Å². The first-order valence-electron chi connectivity index (χ1n) is 8.72. The molecule has 2 aromatic rings. The molecule has 0 aliphatic carbocycles. The summed E-state index contributed by atoms with van der Waals surface area (Å²) in [5.41, 5.74) is 1.17. The van der Waals surface area contributed by atoms with Crippen molar-refractivity contribution in [2.45, 2.75) is 10.9 Å². The lowest BCUT2D eigenvalue weighted by Crippen LogP contribution is -2.44. The number of sulfonamides is 1. The second kappa shape index (κ2) is 6.19. The first-order chi connectivity index (χ1) is 12.3. The molecule has 3 heterocycles. The molecule has 1 aromatic heterocycles. The Morgan fingerprint density at radius 3 is 2.50 bits per heavy atom. The van der Waals surface area contributed by atoms with E-state index >= 15 is 0 Å². The number of benzene rings is 1. The summed E-state index contributed by atoms with van der Waals surface area (Å²) < 4.78 is 36.9. The Hall–Kier alpha value is -1.68. The summed E-state index contributed by atoms with van der Waals surface area (Å²) in [5.74, 6) is 0.159. The molecule has 0 unspecified atom stereocenters. The number of aromatic nitrogens is 2. The number of hydrogen-bond acceptors (Lipinski definition) is 5. The molecule has 1 aromatic carbocycles. The third-order valence-corrected chi connectivity index (χ3v) is 7.42. The van der Waals surface area contributed by atoms with E-state index in [1.807, 2.05) is 7.05 Å². The van der Waals surface area contributed by atoms with Crippen molar-refractivity contribution in [1.82, 2.24) is 18.3 Å². The second-order valence-corrected chi connectivity index (χ2v) is 9.31. The molecule has 26 heavy (non-hydrogen) atoms. The summed E-state index contributed by atoms with van der Waals surface area (Å²) in [6.07, 6.45) is 0. The van der Waals surface area contributed by atoms with Gasteiger partial charge < -0.3 is 4.74 Å². The molecule has 2 aliphatic heterocycles. The highest BCUT2D eigenvalue weighted by molar-refractivity contribution is 7.89. The first kappa shape index (κ1) is 17.7. The minimum Gasteiger partial charge on any atom is -0.379 e. The van der Waals surface area contributed by atoms with E-state index in [1.54, 1.807) is 36.6 Å². The van der Waals surface area contributed by atoms with Crippen LogP contribution < -0.4 is 5.69 Å². The average molecular weight is 380 g/mol. The lowest BCUT2D eigenvalue weighted by Gasteiger charge is -2.29. The second-order valence-electron chi connectivity index (χ2n) is 7.37. The highest BCUT2D eigenvalue weighted by Crippen LogP contribution is 2.26. The standard InChI is InChI=1S/C17H24N4O4S/c1-18-7-12-8-21(9-13(18)11-25-10-12)26(23,24)14-4-5-15-16(6-14)20(3)17(22)19(15)2/h4-6,12-13H,7-11H2,1-3H3/t12-,13+/m1/s1. The quantitative estimate of drug-likeness (QED) is 0.723. The minimum atomic E-state index is -3.64. The molecule has 0 saturated carbocycles. The molecule has 0 N–H and O–H groups in total. The van der Waals surface area contributed by atoms with Crippen molar-refractivity contribution >= 4 is 21.1 Å². The van der Waals surface area contributed by atoms with E-state index in [4.69, 9.17) is 4.74 Å². The Morgan fingerprint density at radius 1 is 1.00 bits per heavy atom. The maximum Gasteiger partial charge on any atom is 0.328 e. The Balaban J connectivity index is 1.76. The number of hydrogen-bond donors (Lipinski definition) is 0. The fourth-order valence-electron chi connectivity index (χ4n) is 4.00. The highest BCUT2D eigenvalue weighted by Gasteiger charge is 2.37. The maximum absolute atomic E-state index is 13.3. The Kier molecular flexibility index (Phi) is 4.22. The van der Waals surface area contributed by atoms with Crippen LogP contribution in [-0.2, 0) is 28.9 Å². The zero-order valence-corrected chi connectivity index (χ0v) is 16.1. The fourth-order valence-corrected chi connectivity index (χ4v) is 5.57. The summed E-state index contributed by atoms with van der Waals surface area (Å²) in [4.78, 5) is 14.5. The molecular formula is C17H24N4O4S. The van der Waals surface area contributed by atoms with Crippen molar-refractivity contribution in [2.24, 2.45) is 20.0 Å². The zero-order valence-electron chi connectivity index (χ0n) is 15.3. The molecule has 2 saturated heterocycles. The Bertz CT molecular complexity index is 1010. The van der Waals surface area contributed by atoms with Gasteiger partial charge in [0, 0.05) is 45.7 Å². The van der Waals surface area contributed by atoms with E-state index in [-0.39, 0.29) is 22.5 Å². The molecule has 0 spiro atoms. The van der Waals surface area contributed by atoms with Crippen molar-refractivity contribution in [2.75, 3.05) is 39.9 Å². The number of aryl methyl sites for hydroxylation is 2. The van der Waals surface area contributed by atoms with Gasteiger partial charge in [-0.15, -0.1) is 0 Å². The van der Waals surface area contributed by atoms with Crippen LogP contribution in [0.15, 0.2) is 27.9 Å². The van der Waals surface area contributed by atoms with Gasteiger partial charge in [0.2, 0.25) is 10.0 Å². The lowest BCUT2D eigenvalue weighted by molar-refractivity contribution is 0.0727. The van der Waals surface area contributed by atoms with Crippen LogP contribution in [0.5, 0.6) is 0 Å². The summed E-state index contributed by atoms with van der Waals surface area (Å²) in [5, 5.41) is 0. The average Bonchev–Trinajstić information content (AvgIpc) is 2.77. The number of fused-ring (bicyclic) bond motifs is 4. The van der Waals surface area contributed by atoms with Crippen LogP contribution in [0.25, 0.3) is 11.0 Å². The summed E-state index contributed by atoms with van der Waals surface area (Å²) >= 11 is 0. The van der Waals surface area contributed by atoms with Gasteiger partial charge in [-0.1, -0.05) is 0 Å². The van der Waals surface area contributed by atoms with E-state index in [1.165, 1.54) is 9.13 Å². The van der Waals surface area contributed by atoms with Crippen LogP contribution in [0.2, 0.25) is 0 Å². The molecule has 142 valence electrons. The van der Waals surface area contributed by atoms with Gasteiger partial charge in [0.15, 0.2) is 0 Å². The number of ether oxygens (including phenoxy) is 1. The molecule has 2 bridgehead atoms. The number of nitrogens with zero attached hydrogens (tertiary/aromatic N) is 4. The van der Waals surface area contributed by atoms with Crippen LogP contribution in [0.1, 0.15) is 0 Å². The van der Waals surface area contributed by atoms with Gasteiger partial charge in [-0.25, -0.2) is 13.2 Å². The zero-order chi connectivity index (χ0) is 18.6. The topological polar surface area (TPSA) is 76.8 Å². The summed E-state index contributed by atoms with van der Waals surface area (Å²) in [6, 6.07) is 4.96. The molecule has 2 aliphatic rings. The molecular weight excluding hydrogens is 356 g/mol. The fraction of sp³-hybridized carbons (Fsp3) is 0.588. The van der Waals surface area contributed by atoms with Gasteiger partial charge in [0.25, 0.3) is 0 Å².